The maximum atomic E-state index is 12.5. The molecule has 0 saturated carbocycles. The highest BCUT2D eigenvalue weighted by Crippen LogP contribution is 2.29. The van der Waals surface area contributed by atoms with Crippen molar-refractivity contribution in [2.24, 2.45) is 19.8 Å². The first kappa shape index (κ1) is 16.9. The number of nitrogens with two attached hydrogens (primary N) is 1. The number of primary amides is 1. The highest BCUT2D eigenvalue weighted by atomic mass is 19.1. The van der Waals surface area contributed by atoms with Gasteiger partial charge in [0.15, 0.2) is 5.82 Å². The molecule has 9 nitrogen and oxygen atoms in total. The van der Waals surface area contributed by atoms with Crippen molar-refractivity contribution >= 4 is 16.8 Å². The molecule has 4 aromatic heterocycles. The molecule has 0 bridgehead atoms. The largest absolute Gasteiger partial charge is 0.364 e. The molecule has 27 heavy (non-hydrogen) atoms. The third-order valence-corrected chi connectivity index (χ3v) is 4.33. The summed E-state index contributed by atoms with van der Waals surface area (Å²) in [7, 11) is 3.61. The molecule has 2 N–H and O–H groups in total. The van der Waals surface area contributed by atoms with E-state index in [2.05, 4.69) is 20.2 Å². The third kappa shape index (κ3) is 2.84. The summed E-state index contributed by atoms with van der Waals surface area (Å²) in [4.78, 5) is 20.8. The summed E-state index contributed by atoms with van der Waals surface area (Å²) in [5.74, 6) is -0.0642. The number of fused-ring (bicyclic) bond motifs is 1. The zero-order valence-corrected chi connectivity index (χ0v) is 14.8. The molecule has 0 saturated heterocycles. The van der Waals surface area contributed by atoms with Gasteiger partial charge in [0.1, 0.15) is 18.1 Å². The summed E-state index contributed by atoms with van der Waals surface area (Å²) in [6, 6.07) is 1.61. The average Bonchev–Trinajstić information content (AvgIpc) is 3.34. The van der Waals surface area contributed by atoms with Crippen molar-refractivity contribution in [1.29, 1.82) is 0 Å². The van der Waals surface area contributed by atoms with Gasteiger partial charge in [0, 0.05) is 37.4 Å². The highest BCUT2D eigenvalue weighted by Gasteiger charge is 2.19. The second-order valence-corrected chi connectivity index (χ2v) is 6.16. The fourth-order valence-electron chi connectivity index (χ4n) is 2.97. The summed E-state index contributed by atoms with van der Waals surface area (Å²) < 4.78 is 17.5. The number of halogens is 1. The number of hydrogen-bond donors (Lipinski definition) is 1. The van der Waals surface area contributed by atoms with Crippen LogP contribution < -0.4 is 5.73 Å². The van der Waals surface area contributed by atoms with Gasteiger partial charge in [0.2, 0.25) is 0 Å². The predicted molar refractivity (Wildman–Crippen MR) is 96.4 cm³/mol. The van der Waals surface area contributed by atoms with E-state index in [1.54, 1.807) is 41.0 Å². The van der Waals surface area contributed by atoms with Gasteiger partial charge in [0.25, 0.3) is 5.91 Å². The van der Waals surface area contributed by atoms with Gasteiger partial charge in [-0.1, -0.05) is 0 Å². The van der Waals surface area contributed by atoms with Crippen LogP contribution in [-0.4, -0.2) is 46.7 Å². The molecule has 1 amide bonds. The first-order chi connectivity index (χ1) is 13.0. The molecule has 0 unspecified atom stereocenters. The minimum Gasteiger partial charge on any atom is -0.364 e. The van der Waals surface area contributed by atoms with E-state index in [1.165, 1.54) is 4.68 Å². The molecular formula is C17H17FN8O. The molecule has 4 aromatic rings. The molecule has 0 aliphatic carbocycles. The molecule has 0 atom stereocenters. The smallest absolute Gasteiger partial charge is 0.267 e. The summed E-state index contributed by atoms with van der Waals surface area (Å²) in [6.45, 7) is -0.296. The van der Waals surface area contributed by atoms with E-state index >= 15 is 0 Å². The van der Waals surface area contributed by atoms with Gasteiger partial charge in [0.05, 0.1) is 30.1 Å². The fourth-order valence-corrected chi connectivity index (χ4v) is 2.97. The standard InChI is InChI=1S/C17H17FN8O/c1-24-9-13(10-6-21-26(8-10)4-3-18)23-17(24)15-11-7-20-25(2)14(11)5-12(22-15)16(19)27/h5-9H,3-4H2,1-2H3,(H2,19,27). The number of pyridine rings is 1. The summed E-state index contributed by atoms with van der Waals surface area (Å²) in [6.07, 6.45) is 6.87. The van der Waals surface area contributed by atoms with Crippen LogP contribution in [0.25, 0.3) is 33.7 Å². The number of alkyl halides is 1. The Hall–Kier alpha value is -3.56. The molecule has 0 spiro atoms. The molecule has 10 heteroatoms. The van der Waals surface area contributed by atoms with E-state index in [-0.39, 0.29) is 12.2 Å². The van der Waals surface area contributed by atoms with E-state index in [4.69, 9.17) is 5.73 Å². The number of hydrogen-bond acceptors (Lipinski definition) is 5. The molecule has 0 radical (unpaired) electrons. The van der Waals surface area contributed by atoms with Gasteiger partial charge in [-0.25, -0.2) is 14.4 Å². The number of rotatable bonds is 5. The van der Waals surface area contributed by atoms with Crippen molar-refractivity contribution < 1.29 is 9.18 Å². The van der Waals surface area contributed by atoms with Gasteiger partial charge in [-0.15, -0.1) is 0 Å². The van der Waals surface area contributed by atoms with E-state index < -0.39 is 12.6 Å². The van der Waals surface area contributed by atoms with Crippen LogP contribution in [-0.2, 0) is 20.6 Å². The van der Waals surface area contributed by atoms with Crippen LogP contribution in [0.5, 0.6) is 0 Å². The van der Waals surface area contributed by atoms with E-state index in [9.17, 15) is 9.18 Å². The molecule has 0 aromatic carbocycles. The molecule has 4 rings (SSSR count). The molecule has 0 aliphatic rings. The minimum absolute atomic E-state index is 0.140. The monoisotopic (exact) mass is 368 g/mol. The van der Waals surface area contributed by atoms with Gasteiger partial charge < -0.3 is 10.3 Å². The minimum atomic E-state index is -0.624. The maximum absolute atomic E-state index is 12.5. The topological polar surface area (TPSA) is 109 Å². The van der Waals surface area contributed by atoms with Gasteiger partial charge in [-0.3, -0.25) is 14.2 Å². The highest BCUT2D eigenvalue weighted by molar-refractivity contribution is 5.99. The number of aryl methyl sites for hydroxylation is 3. The van der Waals surface area contributed by atoms with E-state index in [1.807, 2.05) is 13.2 Å². The number of amides is 1. The molecule has 0 fully saturated rings. The number of nitrogens with zero attached hydrogens (tertiary/aromatic N) is 7. The maximum Gasteiger partial charge on any atom is 0.267 e. The first-order valence-electron chi connectivity index (χ1n) is 8.23. The van der Waals surface area contributed by atoms with Crippen LogP contribution in [0.15, 0.2) is 30.9 Å². The second kappa shape index (κ2) is 6.31. The van der Waals surface area contributed by atoms with Crippen molar-refractivity contribution in [1.82, 2.24) is 34.1 Å². The Morgan fingerprint density at radius 1 is 1.19 bits per heavy atom. The third-order valence-electron chi connectivity index (χ3n) is 4.33. The fraction of sp³-hybridized carbons (Fsp3) is 0.235. The van der Waals surface area contributed by atoms with Gasteiger partial charge >= 0.3 is 0 Å². The van der Waals surface area contributed by atoms with E-state index in [0.717, 1.165) is 16.5 Å². The summed E-state index contributed by atoms with van der Waals surface area (Å²) in [5.41, 5.74) is 8.25. The zero-order chi connectivity index (χ0) is 19.1. The van der Waals surface area contributed by atoms with Crippen molar-refractivity contribution in [2.45, 2.75) is 6.54 Å². The van der Waals surface area contributed by atoms with Crippen LogP contribution in [0.1, 0.15) is 10.5 Å². The van der Waals surface area contributed by atoms with Crippen molar-refractivity contribution in [3.05, 3.63) is 36.5 Å². The number of carbonyl (C=O) groups is 1. The lowest BCUT2D eigenvalue weighted by Crippen LogP contribution is -2.14. The quantitative estimate of drug-likeness (QED) is 0.571. The molecular weight excluding hydrogens is 351 g/mol. The Kier molecular flexibility index (Phi) is 3.94. The van der Waals surface area contributed by atoms with Gasteiger partial charge in [-0.2, -0.15) is 10.2 Å². The summed E-state index contributed by atoms with van der Waals surface area (Å²) >= 11 is 0. The van der Waals surface area contributed by atoms with Crippen LogP contribution in [0.2, 0.25) is 0 Å². The zero-order valence-electron chi connectivity index (χ0n) is 14.8. The SMILES string of the molecule is Cn1cc(-c2cnn(CCF)c2)nc1-c1nc(C(N)=O)cc2c1cnn2C. The molecule has 138 valence electrons. The Balaban J connectivity index is 1.86. The van der Waals surface area contributed by atoms with Crippen LogP contribution in [0.4, 0.5) is 4.39 Å². The second-order valence-electron chi connectivity index (χ2n) is 6.16. The average molecular weight is 368 g/mol. The van der Waals surface area contributed by atoms with Crippen LogP contribution in [0.3, 0.4) is 0 Å². The van der Waals surface area contributed by atoms with E-state index in [0.29, 0.717) is 17.2 Å². The number of carbonyl (C=O) groups excluding carboxylic acids is 1. The first-order valence-corrected chi connectivity index (χ1v) is 8.23. The number of imidazole rings is 1. The Morgan fingerprint density at radius 3 is 2.74 bits per heavy atom. The van der Waals surface area contributed by atoms with Crippen LogP contribution >= 0.6 is 0 Å². The Bertz CT molecular complexity index is 1160. The number of aromatic nitrogens is 7. The van der Waals surface area contributed by atoms with Crippen LogP contribution in [0, 0.1) is 0 Å². The van der Waals surface area contributed by atoms with Crippen molar-refractivity contribution in [3.63, 3.8) is 0 Å². The molecule has 4 heterocycles. The van der Waals surface area contributed by atoms with Crippen molar-refractivity contribution in [2.75, 3.05) is 6.67 Å². The lowest BCUT2D eigenvalue weighted by Gasteiger charge is -2.05. The Morgan fingerprint density at radius 2 is 2.00 bits per heavy atom. The normalized spacial score (nSPS) is 11.4. The van der Waals surface area contributed by atoms with Crippen molar-refractivity contribution in [3.8, 4) is 22.8 Å². The lowest BCUT2D eigenvalue weighted by atomic mass is 10.2. The summed E-state index contributed by atoms with van der Waals surface area (Å²) in [5, 5.41) is 9.12. The Labute approximate surface area is 153 Å². The molecule has 0 aliphatic heterocycles. The van der Waals surface area contributed by atoms with Gasteiger partial charge in [-0.05, 0) is 6.07 Å². The lowest BCUT2D eigenvalue weighted by molar-refractivity contribution is 0.0996. The predicted octanol–water partition coefficient (Wildman–Crippen LogP) is 1.30.